The molecule has 3 aliphatic rings. The molecule has 4 nitrogen and oxygen atoms in total. The summed E-state index contributed by atoms with van der Waals surface area (Å²) >= 11 is 0. The van der Waals surface area contributed by atoms with E-state index in [2.05, 4.69) is 13.8 Å². The zero-order valence-electron chi connectivity index (χ0n) is 11.8. The van der Waals surface area contributed by atoms with Crippen LogP contribution in [0.2, 0.25) is 0 Å². The van der Waals surface area contributed by atoms with Crippen molar-refractivity contribution in [3.05, 3.63) is 12.2 Å². The zero-order chi connectivity index (χ0) is 13.8. The third-order valence-corrected chi connectivity index (χ3v) is 5.77. The van der Waals surface area contributed by atoms with E-state index in [0.717, 1.165) is 12.8 Å². The van der Waals surface area contributed by atoms with Gasteiger partial charge < -0.3 is 4.74 Å². The first-order chi connectivity index (χ1) is 8.95. The molecule has 3 rings (SSSR count). The van der Waals surface area contributed by atoms with Crippen molar-refractivity contribution in [1.29, 1.82) is 0 Å². The highest BCUT2D eigenvalue weighted by atomic mass is 16.6. The molecule has 2 aliphatic carbocycles. The van der Waals surface area contributed by atoms with Crippen LogP contribution in [0.5, 0.6) is 0 Å². The Hall–Kier alpha value is -1.32. The lowest BCUT2D eigenvalue weighted by atomic mass is 9.63. The molecule has 104 valence electrons. The molecular weight excluding hydrogens is 242 g/mol. The van der Waals surface area contributed by atoms with Gasteiger partial charge in [0, 0.05) is 0 Å². The summed E-state index contributed by atoms with van der Waals surface area (Å²) in [6.07, 6.45) is 6.11. The Morgan fingerprint density at radius 2 is 2.05 bits per heavy atom. The molecule has 4 heteroatoms. The van der Waals surface area contributed by atoms with Gasteiger partial charge in [0.05, 0.1) is 5.54 Å². The van der Waals surface area contributed by atoms with Crippen LogP contribution in [0.1, 0.15) is 40.0 Å². The van der Waals surface area contributed by atoms with Gasteiger partial charge in [0.1, 0.15) is 6.61 Å². The summed E-state index contributed by atoms with van der Waals surface area (Å²) in [5, 5.41) is 0. The molecule has 1 aliphatic heterocycles. The second kappa shape index (κ2) is 3.84. The number of imide groups is 1. The number of cyclic esters (lactones) is 1. The molecule has 2 amide bonds. The van der Waals surface area contributed by atoms with Gasteiger partial charge in [-0.15, -0.1) is 0 Å². The first kappa shape index (κ1) is 12.7. The molecule has 2 bridgehead atoms. The highest BCUT2D eigenvalue weighted by molar-refractivity contribution is 6.00. The third kappa shape index (κ3) is 1.35. The zero-order valence-corrected chi connectivity index (χ0v) is 11.8. The van der Waals surface area contributed by atoms with Crippen LogP contribution < -0.4 is 0 Å². The average Bonchev–Trinajstić information content (AvgIpc) is 2.97. The monoisotopic (exact) mass is 263 g/mol. The number of carbonyl (C=O) groups excluding carboxylic acids is 2. The predicted octanol–water partition coefficient (Wildman–Crippen LogP) is 2.74. The first-order valence-corrected chi connectivity index (χ1v) is 7.09. The van der Waals surface area contributed by atoms with Crippen LogP contribution in [0.3, 0.4) is 0 Å². The lowest BCUT2D eigenvalue weighted by Crippen LogP contribution is -2.62. The summed E-state index contributed by atoms with van der Waals surface area (Å²) in [6, 6.07) is 0. The molecule has 2 saturated carbocycles. The Labute approximate surface area is 113 Å². The summed E-state index contributed by atoms with van der Waals surface area (Å²) < 4.78 is 5.29. The summed E-state index contributed by atoms with van der Waals surface area (Å²) in [5.41, 5.74) is -0.483. The molecular formula is C15H21NO3. The molecule has 0 unspecified atom stereocenters. The van der Waals surface area contributed by atoms with Gasteiger partial charge >= 0.3 is 6.09 Å². The maximum atomic E-state index is 12.3. The van der Waals surface area contributed by atoms with Crippen molar-refractivity contribution in [1.82, 2.24) is 4.90 Å². The number of nitrogens with zero attached hydrogens (tertiary/aromatic N) is 1. The van der Waals surface area contributed by atoms with Crippen molar-refractivity contribution in [2.24, 2.45) is 17.3 Å². The maximum Gasteiger partial charge on any atom is 0.417 e. The summed E-state index contributed by atoms with van der Waals surface area (Å²) in [6.45, 7) is 6.53. The lowest BCUT2D eigenvalue weighted by Gasteiger charge is -2.49. The van der Waals surface area contributed by atoms with Crippen LogP contribution in [0.25, 0.3) is 0 Å². The van der Waals surface area contributed by atoms with E-state index in [-0.39, 0.29) is 11.3 Å². The van der Waals surface area contributed by atoms with E-state index < -0.39 is 11.6 Å². The SMILES string of the molecule is C/C=C/C(=O)N1C(=O)OC[C@@]12[C@@H]1CC[C@@H](C1)C2(C)C. The quantitative estimate of drug-likeness (QED) is 0.683. The average molecular weight is 263 g/mol. The molecule has 1 saturated heterocycles. The molecule has 3 atom stereocenters. The lowest BCUT2D eigenvalue weighted by molar-refractivity contribution is -0.132. The number of rotatable bonds is 1. The standard InChI is InChI=1S/C15H21NO3/c1-4-5-12(17)16-13(18)19-9-15(16)11-7-6-10(8-11)14(15,2)3/h4-5,10-11H,6-9H2,1-3H3/b5-4+/t10-,11+,15-/m0/s1. The minimum atomic E-state index is -0.469. The van der Waals surface area contributed by atoms with Gasteiger partial charge in [-0.3, -0.25) is 4.79 Å². The molecule has 0 aromatic carbocycles. The second-order valence-electron chi connectivity index (χ2n) is 6.58. The number of carbonyl (C=O) groups is 2. The van der Waals surface area contributed by atoms with Crippen LogP contribution in [0, 0.1) is 17.3 Å². The van der Waals surface area contributed by atoms with Crippen molar-refractivity contribution in [3.8, 4) is 0 Å². The second-order valence-corrected chi connectivity index (χ2v) is 6.58. The van der Waals surface area contributed by atoms with Crippen LogP contribution in [-0.4, -0.2) is 29.0 Å². The summed E-state index contributed by atoms with van der Waals surface area (Å²) in [4.78, 5) is 25.8. The van der Waals surface area contributed by atoms with E-state index in [9.17, 15) is 9.59 Å². The van der Waals surface area contributed by atoms with Crippen molar-refractivity contribution in [2.45, 2.75) is 45.6 Å². The Morgan fingerprint density at radius 3 is 2.63 bits per heavy atom. The van der Waals surface area contributed by atoms with Crippen LogP contribution >= 0.6 is 0 Å². The molecule has 0 radical (unpaired) electrons. The molecule has 0 aromatic heterocycles. The van der Waals surface area contributed by atoms with Crippen LogP contribution in [0.4, 0.5) is 4.79 Å². The van der Waals surface area contributed by atoms with Crippen molar-refractivity contribution in [3.63, 3.8) is 0 Å². The molecule has 0 N–H and O–H groups in total. The minimum Gasteiger partial charge on any atom is -0.447 e. The third-order valence-electron chi connectivity index (χ3n) is 5.77. The molecule has 3 fully saturated rings. The highest BCUT2D eigenvalue weighted by Crippen LogP contribution is 2.65. The Bertz CT molecular complexity index is 468. The van der Waals surface area contributed by atoms with Crippen LogP contribution in [0.15, 0.2) is 12.2 Å². The molecule has 0 aromatic rings. The Balaban J connectivity index is 2.07. The number of fused-ring (bicyclic) bond motifs is 3. The highest BCUT2D eigenvalue weighted by Gasteiger charge is 2.70. The molecule has 1 spiro atoms. The maximum absolute atomic E-state index is 12.3. The van der Waals surface area contributed by atoms with Gasteiger partial charge in [0.15, 0.2) is 0 Å². The van der Waals surface area contributed by atoms with Gasteiger partial charge in [-0.1, -0.05) is 19.9 Å². The van der Waals surface area contributed by atoms with Gasteiger partial charge in [0.25, 0.3) is 5.91 Å². The fourth-order valence-electron chi connectivity index (χ4n) is 4.69. The van der Waals surface area contributed by atoms with E-state index in [4.69, 9.17) is 4.74 Å². The largest absolute Gasteiger partial charge is 0.447 e. The summed E-state index contributed by atoms with van der Waals surface area (Å²) in [7, 11) is 0. The number of ether oxygens (including phenoxy) is 1. The van der Waals surface area contributed by atoms with Gasteiger partial charge in [0.2, 0.25) is 0 Å². The van der Waals surface area contributed by atoms with E-state index in [0.29, 0.717) is 18.4 Å². The molecule has 1 heterocycles. The van der Waals surface area contributed by atoms with E-state index >= 15 is 0 Å². The minimum absolute atomic E-state index is 0.0562. The number of amides is 2. The predicted molar refractivity (Wildman–Crippen MR) is 70.4 cm³/mol. The van der Waals surface area contributed by atoms with Gasteiger partial charge in [-0.2, -0.15) is 0 Å². The summed E-state index contributed by atoms with van der Waals surface area (Å²) in [5.74, 6) is 0.756. The van der Waals surface area contributed by atoms with Crippen molar-refractivity contribution < 1.29 is 14.3 Å². The van der Waals surface area contributed by atoms with E-state index in [1.165, 1.54) is 17.4 Å². The smallest absolute Gasteiger partial charge is 0.417 e. The number of hydrogen-bond acceptors (Lipinski definition) is 3. The van der Waals surface area contributed by atoms with Crippen molar-refractivity contribution >= 4 is 12.0 Å². The van der Waals surface area contributed by atoms with E-state index in [1.54, 1.807) is 13.0 Å². The molecule has 19 heavy (non-hydrogen) atoms. The van der Waals surface area contributed by atoms with Crippen LogP contribution in [-0.2, 0) is 9.53 Å². The normalized spacial score (nSPS) is 39.5. The fourth-order valence-corrected chi connectivity index (χ4v) is 4.69. The van der Waals surface area contributed by atoms with Gasteiger partial charge in [-0.25, -0.2) is 9.69 Å². The topological polar surface area (TPSA) is 46.6 Å². The van der Waals surface area contributed by atoms with Crippen molar-refractivity contribution in [2.75, 3.05) is 6.61 Å². The Morgan fingerprint density at radius 1 is 1.37 bits per heavy atom. The number of allylic oxidation sites excluding steroid dienone is 1. The number of hydrogen-bond donors (Lipinski definition) is 0. The first-order valence-electron chi connectivity index (χ1n) is 7.09. The van der Waals surface area contributed by atoms with Gasteiger partial charge in [-0.05, 0) is 49.5 Å². The fraction of sp³-hybridized carbons (Fsp3) is 0.733. The Kier molecular flexibility index (Phi) is 2.57. The van der Waals surface area contributed by atoms with E-state index in [1.807, 2.05) is 0 Å².